The van der Waals surface area contributed by atoms with E-state index in [2.05, 4.69) is 22.9 Å². The van der Waals surface area contributed by atoms with Gasteiger partial charge in [0.05, 0.1) is 0 Å². The summed E-state index contributed by atoms with van der Waals surface area (Å²) in [5.74, 6) is -1.73. The average molecular weight is 318 g/mol. The highest BCUT2D eigenvalue weighted by atomic mass is 79.9. The molecule has 2 nitrogen and oxygen atoms in total. The molecular weight excluding hydrogens is 304 g/mol. The first-order valence-electron chi connectivity index (χ1n) is 5.86. The van der Waals surface area contributed by atoms with Gasteiger partial charge in [-0.1, -0.05) is 22.9 Å². The molecule has 0 aliphatic carbocycles. The fourth-order valence-corrected chi connectivity index (χ4v) is 3.28. The molecule has 5 heteroatoms. The Morgan fingerprint density at radius 3 is 2.78 bits per heavy atom. The minimum Gasteiger partial charge on any atom is -0.335 e. The molecule has 1 aliphatic heterocycles. The van der Waals surface area contributed by atoms with Gasteiger partial charge < -0.3 is 4.90 Å². The molecule has 0 bridgehead atoms. The Morgan fingerprint density at radius 1 is 1.44 bits per heavy atom. The predicted molar refractivity (Wildman–Crippen MR) is 68.8 cm³/mol. The largest absolute Gasteiger partial charge is 0.335 e. The number of alkyl halides is 1. The highest BCUT2D eigenvalue weighted by Crippen LogP contribution is 2.27. The van der Waals surface area contributed by atoms with Crippen LogP contribution in [0.2, 0.25) is 0 Å². The Balaban J connectivity index is 2.23. The number of rotatable bonds is 2. The molecule has 1 aromatic rings. The lowest BCUT2D eigenvalue weighted by Gasteiger charge is -2.25. The molecule has 98 valence electrons. The molecule has 1 aliphatic rings. The van der Waals surface area contributed by atoms with Gasteiger partial charge in [-0.05, 0) is 30.5 Å². The minimum absolute atomic E-state index is 0.116. The summed E-state index contributed by atoms with van der Waals surface area (Å²) in [4.78, 5) is 14.0. The Morgan fingerprint density at radius 2 is 2.17 bits per heavy atom. The summed E-state index contributed by atoms with van der Waals surface area (Å²) in [5.41, 5.74) is 0.203. The maximum Gasteiger partial charge on any atom is 0.254 e. The van der Waals surface area contributed by atoms with Gasteiger partial charge >= 0.3 is 0 Å². The number of carbonyl (C=O) groups is 1. The Labute approximate surface area is 113 Å². The van der Waals surface area contributed by atoms with E-state index in [1.165, 1.54) is 6.07 Å². The van der Waals surface area contributed by atoms with Gasteiger partial charge in [-0.3, -0.25) is 4.79 Å². The molecule has 1 aromatic carbocycles. The molecule has 0 N–H and O–H groups in total. The van der Waals surface area contributed by atoms with Crippen LogP contribution in [0.5, 0.6) is 0 Å². The van der Waals surface area contributed by atoms with E-state index in [0.29, 0.717) is 17.8 Å². The fourth-order valence-electron chi connectivity index (χ4n) is 2.29. The second-order valence-corrected chi connectivity index (χ2v) is 5.26. The van der Waals surface area contributed by atoms with Gasteiger partial charge in [-0.25, -0.2) is 8.78 Å². The van der Waals surface area contributed by atoms with Gasteiger partial charge in [0.2, 0.25) is 0 Å². The van der Waals surface area contributed by atoms with E-state index in [9.17, 15) is 13.6 Å². The average Bonchev–Trinajstić information content (AvgIpc) is 2.73. The van der Waals surface area contributed by atoms with Crippen LogP contribution in [-0.4, -0.2) is 28.7 Å². The van der Waals surface area contributed by atoms with Crippen LogP contribution in [0.3, 0.4) is 0 Å². The quantitative estimate of drug-likeness (QED) is 0.767. The smallest absolute Gasteiger partial charge is 0.254 e. The van der Waals surface area contributed by atoms with Gasteiger partial charge in [0.1, 0.15) is 0 Å². The van der Waals surface area contributed by atoms with E-state index in [0.717, 1.165) is 18.6 Å². The topological polar surface area (TPSA) is 20.3 Å². The third-order valence-corrected chi connectivity index (χ3v) is 4.13. The van der Waals surface area contributed by atoms with Crippen LogP contribution in [0, 0.1) is 17.6 Å². The lowest BCUT2D eigenvalue weighted by molar-refractivity contribution is 0.0738. The van der Waals surface area contributed by atoms with Crippen molar-refractivity contribution < 1.29 is 13.6 Å². The molecule has 18 heavy (non-hydrogen) atoms. The summed E-state index contributed by atoms with van der Waals surface area (Å²) in [6.07, 6.45) is 0.936. The molecule has 1 fully saturated rings. The first kappa shape index (κ1) is 13.5. The molecule has 0 aromatic heterocycles. The highest BCUT2D eigenvalue weighted by molar-refractivity contribution is 9.09. The van der Waals surface area contributed by atoms with Crippen LogP contribution in [0.1, 0.15) is 23.7 Å². The fraction of sp³-hybridized carbons (Fsp3) is 0.462. The molecule has 1 heterocycles. The van der Waals surface area contributed by atoms with Crippen molar-refractivity contribution in [3.63, 3.8) is 0 Å². The molecule has 0 saturated carbocycles. The summed E-state index contributed by atoms with van der Waals surface area (Å²) in [6, 6.07) is 3.40. The lowest BCUT2D eigenvalue weighted by Crippen LogP contribution is -2.38. The number of halogens is 3. The van der Waals surface area contributed by atoms with Crippen molar-refractivity contribution >= 4 is 21.8 Å². The monoisotopic (exact) mass is 317 g/mol. The Kier molecular flexibility index (Phi) is 4.00. The number of nitrogens with zero attached hydrogens (tertiary/aromatic N) is 1. The highest BCUT2D eigenvalue weighted by Gasteiger charge is 2.34. The Hall–Kier alpha value is -0.970. The molecule has 2 rings (SSSR count). The summed E-state index contributed by atoms with van der Waals surface area (Å²) in [6.45, 7) is 2.75. The summed E-state index contributed by atoms with van der Waals surface area (Å²) in [7, 11) is 0. The van der Waals surface area contributed by atoms with Crippen LogP contribution < -0.4 is 0 Å². The maximum atomic E-state index is 13.1. The zero-order chi connectivity index (χ0) is 13.3. The van der Waals surface area contributed by atoms with Crippen LogP contribution in [0.25, 0.3) is 0 Å². The Bertz CT molecular complexity index is 466. The van der Waals surface area contributed by atoms with Crippen molar-refractivity contribution in [2.24, 2.45) is 5.92 Å². The maximum absolute atomic E-state index is 13.1. The normalized spacial score (nSPS) is 23.4. The van der Waals surface area contributed by atoms with Gasteiger partial charge in [0.25, 0.3) is 5.91 Å². The number of carbonyl (C=O) groups excluding carboxylic acids is 1. The number of hydrogen-bond donors (Lipinski definition) is 0. The van der Waals surface area contributed by atoms with E-state index in [1.54, 1.807) is 4.90 Å². The SMILES string of the molecule is CC1CCN(C(=O)c2ccc(F)c(F)c2)C1CBr. The van der Waals surface area contributed by atoms with Crippen LogP contribution in [0.4, 0.5) is 8.78 Å². The lowest BCUT2D eigenvalue weighted by atomic mass is 10.0. The number of hydrogen-bond acceptors (Lipinski definition) is 1. The summed E-state index contributed by atoms with van der Waals surface area (Å²) >= 11 is 3.40. The minimum atomic E-state index is -0.983. The van der Waals surface area contributed by atoms with Crippen molar-refractivity contribution in [2.45, 2.75) is 19.4 Å². The van der Waals surface area contributed by atoms with Crippen molar-refractivity contribution in [3.8, 4) is 0 Å². The van der Waals surface area contributed by atoms with E-state index in [4.69, 9.17) is 0 Å². The molecule has 2 unspecified atom stereocenters. The van der Waals surface area contributed by atoms with Gasteiger partial charge in [-0.2, -0.15) is 0 Å². The van der Waals surface area contributed by atoms with Crippen LogP contribution in [-0.2, 0) is 0 Å². The standard InChI is InChI=1S/C13H14BrF2NO/c1-8-4-5-17(12(8)7-14)13(18)9-2-3-10(15)11(16)6-9/h2-3,6,8,12H,4-5,7H2,1H3. The second-order valence-electron chi connectivity index (χ2n) is 4.62. The van der Waals surface area contributed by atoms with E-state index in [-0.39, 0.29) is 17.5 Å². The molecule has 0 spiro atoms. The van der Waals surface area contributed by atoms with Crippen LogP contribution >= 0.6 is 15.9 Å². The van der Waals surface area contributed by atoms with Crippen molar-refractivity contribution in [2.75, 3.05) is 11.9 Å². The third kappa shape index (κ3) is 2.41. The van der Waals surface area contributed by atoms with E-state index >= 15 is 0 Å². The summed E-state index contributed by atoms with van der Waals surface area (Å²) < 4.78 is 26.0. The van der Waals surface area contributed by atoms with Crippen molar-refractivity contribution in [3.05, 3.63) is 35.4 Å². The van der Waals surface area contributed by atoms with Crippen LogP contribution in [0.15, 0.2) is 18.2 Å². The zero-order valence-corrected chi connectivity index (χ0v) is 11.6. The van der Waals surface area contributed by atoms with Gasteiger partial charge in [-0.15, -0.1) is 0 Å². The molecule has 1 saturated heterocycles. The van der Waals surface area contributed by atoms with Crippen molar-refractivity contribution in [1.82, 2.24) is 4.90 Å². The zero-order valence-electron chi connectivity index (χ0n) is 10.00. The molecule has 2 atom stereocenters. The summed E-state index contributed by atoms with van der Waals surface area (Å²) in [5, 5.41) is 0.698. The van der Waals surface area contributed by atoms with Gasteiger partial charge in [0, 0.05) is 23.5 Å². The first-order chi connectivity index (χ1) is 8.54. The third-order valence-electron chi connectivity index (χ3n) is 3.47. The van der Waals surface area contributed by atoms with E-state index in [1.807, 2.05) is 0 Å². The number of benzene rings is 1. The van der Waals surface area contributed by atoms with E-state index < -0.39 is 11.6 Å². The van der Waals surface area contributed by atoms with Gasteiger partial charge in [0.15, 0.2) is 11.6 Å². The molecule has 0 radical (unpaired) electrons. The number of amides is 1. The second kappa shape index (κ2) is 5.34. The molecular formula is C13H14BrF2NO. The van der Waals surface area contributed by atoms with Crippen molar-refractivity contribution in [1.29, 1.82) is 0 Å². The molecule has 1 amide bonds. The number of likely N-dealkylation sites (tertiary alicyclic amines) is 1. The first-order valence-corrected chi connectivity index (χ1v) is 6.98. The predicted octanol–water partition coefficient (Wildman–Crippen LogP) is 3.21.